The van der Waals surface area contributed by atoms with Gasteiger partial charge in [0.1, 0.15) is 0 Å². The Morgan fingerprint density at radius 3 is 2.23 bits per heavy atom. The Bertz CT molecular complexity index is 530. The third kappa shape index (κ3) is 4.13. The average molecular weight is 480 g/mol. The summed E-state index contributed by atoms with van der Waals surface area (Å²) < 4.78 is 5.70. The van der Waals surface area contributed by atoms with Gasteiger partial charge in [-0.15, -0.1) is 24.0 Å². The first kappa shape index (κ1) is 23.5. The Morgan fingerprint density at radius 1 is 1.23 bits per heavy atom. The number of guanidine groups is 1. The first-order valence-electron chi connectivity index (χ1n) is 9.36. The van der Waals surface area contributed by atoms with E-state index in [1.54, 1.807) is 19.1 Å². The molecule has 6 nitrogen and oxygen atoms in total. The first-order valence-corrected chi connectivity index (χ1v) is 9.36. The van der Waals surface area contributed by atoms with Crippen molar-refractivity contribution in [2.75, 3.05) is 34.8 Å². The number of aliphatic imine (C=N–C) groups is 1. The van der Waals surface area contributed by atoms with Gasteiger partial charge in [0, 0.05) is 46.3 Å². The maximum absolute atomic E-state index is 12.7. The van der Waals surface area contributed by atoms with Crippen molar-refractivity contribution in [1.82, 2.24) is 15.5 Å². The van der Waals surface area contributed by atoms with Crippen LogP contribution in [0.5, 0.6) is 0 Å². The number of rotatable bonds is 5. The predicted molar refractivity (Wildman–Crippen MR) is 117 cm³/mol. The highest BCUT2D eigenvalue weighted by Gasteiger charge is 2.58. The summed E-state index contributed by atoms with van der Waals surface area (Å²) in [5.41, 5.74) is -0.391. The van der Waals surface area contributed by atoms with E-state index in [-0.39, 0.29) is 46.3 Å². The number of amides is 1. The molecule has 0 spiro atoms. The third-order valence-electron chi connectivity index (χ3n) is 6.83. The van der Waals surface area contributed by atoms with Crippen molar-refractivity contribution >= 4 is 35.8 Å². The third-order valence-corrected chi connectivity index (χ3v) is 6.83. The van der Waals surface area contributed by atoms with Gasteiger partial charge < -0.3 is 20.3 Å². The minimum absolute atomic E-state index is 0. The zero-order chi connectivity index (χ0) is 18.9. The van der Waals surface area contributed by atoms with Crippen molar-refractivity contribution in [1.29, 1.82) is 0 Å². The number of hydrogen-bond acceptors (Lipinski definition) is 3. The summed E-state index contributed by atoms with van der Waals surface area (Å²) in [5, 5.41) is 6.95. The minimum atomic E-state index is -0.294. The standard InChI is InChI=1S/C19H36N4O2.HI/c1-17(2)14(12-18(17,3)25-7)22-16(20-4)21-13-19(10-8-9-11-19)15(24)23(5)6;/h14H,8-13H2,1-7H3,(H2,20,21,22);1H. The summed E-state index contributed by atoms with van der Waals surface area (Å²) in [6.45, 7) is 7.24. The van der Waals surface area contributed by atoms with E-state index < -0.39 is 0 Å². The number of halogens is 1. The van der Waals surface area contributed by atoms with Crippen LogP contribution in [0.25, 0.3) is 0 Å². The van der Waals surface area contributed by atoms with Gasteiger partial charge in [-0.25, -0.2) is 0 Å². The van der Waals surface area contributed by atoms with E-state index in [4.69, 9.17) is 4.74 Å². The van der Waals surface area contributed by atoms with Crippen LogP contribution in [-0.2, 0) is 9.53 Å². The number of methoxy groups -OCH3 is 1. The second-order valence-electron chi connectivity index (χ2n) is 8.67. The lowest BCUT2D eigenvalue weighted by molar-refractivity contribution is -0.176. The van der Waals surface area contributed by atoms with Crippen molar-refractivity contribution in [3.8, 4) is 0 Å². The van der Waals surface area contributed by atoms with Crippen LogP contribution in [0.15, 0.2) is 4.99 Å². The Balaban J connectivity index is 0.00000338. The monoisotopic (exact) mass is 480 g/mol. The number of carbonyl (C=O) groups excluding carboxylic acids is 1. The molecule has 2 fully saturated rings. The van der Waals surface area contributed by atoms with Gasteiger partial charge in [-0.05, 0) is 26.2 Å². The molecule has 0 bridgehead atoms. The number of nitrogens with one attached hydrogen (secondary N) is 2. The molecule has 7 heteroatoms. The normalized spacial score (nSPS) is 29.3. The zero-order valence-corrected chi connectivity index (χ0v) is 19.8. The average Bonchev–Trinajstić information content (AvgIpc) is 3.06. The Hall–Kier alpha value is -0.570. The van der Waals surface area contributed by atoms with Gasteiger partial charge in [-0.1, -0.05) is 26.7 Å². The number of hydrogen-bond donors (Lipinski definition) is 2. The van der Waals surface area contributed by atoms with Gasteiger partial charge in [0.15, 0.2) is 5.96 Å². The van der Waals surface area contributed by atoms with Crippen LogP contribution >= 0.6 is 24.0 Å². The molecule has 0 aromatic heterocycles. The SMILES string of the molecule is CN=C(NCC1(C(=O)N(C)C)CCCC1)NC1CC(C)(OC)C1(C)C.I. The quantitative estimate of drug-likeness (QED) is 0.361. The number of ether oxygens (including phenoxy) is 1. The van der Waals surface area contributed by atoms with Crippen LogP contribution < -0.4 is 10.6 Å². The first-order chi connectivity index (χ1) is 11.6. The van der Waals surface area contributed by atoms with Gasteiger partial charge in [-0.2, -0.15) is 0 Å². The Morgan fingerprint density at radius 2 is 1.81 bits per heavy atom. The lowest BCUT2D eigenvalue weighted by atomic mass is 9.56. The smallest absolute Gasteiger partial charge is 0.230 e. The van der Waals surface area contributed by atoms with E-state index in [0.717, 1.165) is 38.1 Å². The fraction of sp³-hybridized carbons (Fsp3) is 0.895. The zero-order valence-electron chi connectivity index (χ0n) is 17.4. The van der Waals surface area contributed by atoms with E-state index in [0.29, 0.717) is 12.6 Å². The summed E-state index contributed by atoms with van der Waals surface area (Å²) >= 11 is 0. The molecule has 2 saturated carbocycles. The predicted octanol–water partition coefficient (Wildman–Crippen LogP) is 2.62. The molecule has 2 rings (SSSR count). The van der Waals surface area contributed by atoms with Crippen LogP contribution in [-0.4, -0.2) is 63.2 Å². The van der Waals surface area contributed by atoms with Crippen LogP contribution in [0, 0.1) is 10.8 Å². The molecule has 0 saturated heterocycles. The van der Waals surface area contributed by atoms with Crippen LogP contribution in [0.2, 0.25) is 0 Å². The molecule has 152 valence electrons. The Labute approximate surface area is 175 Å². The van der Waals surface area contributed by atoms with E-state index in [1.807, 2.05) is 14.1 Å². The highest BCUT2D eigenvalue weighted by molar-refractivity contribution is 14.0. The largest absolute Gasteiger partial charge is 0.378 e. The van der Waals surface area contributed by atoms with E-state index in [1.165, 1.54) is 0 Å². The molecule has 0 heterocycles. The highest BCUT2D eigenvalue weighted by atomic mass is 127. The summed E-state index contributed by atoms with van der Waals surface area (Å²) in [7, 11) is 7.25. The van der Waals surface area contributed by atoms with Crippen molar-refractivity contribution < 1.29 is 9.53 Å². The van der Waals surface area contributed by atoms with Crippen molar-refractivity contribution in [2.45, 2.75) is 64.5 Å². The van der Waals surface area contributed by atoms with Crippen LogP contribution in [0.4, 0.5) is 0 Å². The number of carbonyl (C=O) groups is 1. The summed E-state index contributed by atoms with van der Waals surface area (Å²) in [6.07, 6.45) is 5.08. The van der Waals surface area contributed by atoms with Crippen LogP contribution in [0.1, 0.15) is 52.9 Å². The molecule has 0 aromatic rings. The van der Waals surface area contributed by atoms with Crippen molar-refractivity contribution in [2.24, 2.45) is 15.8 Å². The molecule has 0 aromatic carbocycles. The minimum Gasteiger partial charge on any atom is -0.378 e. The maximum Gasteiger partial charge on any atom is 0.230 e. The molecule has 2 atom stereocenters. The molecular weight excluding hydrogens is 443 g/mol. The van der Waals surface area contributed by atoms with E-state index in [2.05, 4.69) is 36.4 Å². The fourth-order valence-corrected chi connectivity index (χ4v) is 4.33. The molecule has 0 aliphatic heterocycles. The maximum atomic E-state index is 12.7. The molecule has 2 aliphatic carbocycles. The van der Waals surface area contributed by atoms with Crippen molar-refractivity contribution in [3.05, 3.63) is 0 Å². The Kier molecular flexibility index (Phi) is 7.79. The molecule has 1 amide bonds. The number of nitrogens with zero attached hydrogens (tertiary/aromatic N) is 2. The van der Waals surface area contributed by atoms with E-state index >= 15 is 0 Å². The van der Waals surface area contributed by atoms with Crippen molar-refractivity contribution in [3.63, 3.8) is 0 Å². The second-order valence-corrected chi connectivity index (χ2v) is 8.67. The van der Waals surface area contributed by atoms with Gasteiger partial charge >= 0.3 is 0 Å². The molecule has 26 heavy (non-hydrogen) atoms. The van der Waals surface area contributed by atoms with E-state index in [9.17, 15) is 4.79 Å². The molecule has 2 aliphatic rings. The van der Waals surface area contributed by atoms with Crippen LogP contribution in [0.3, 0.4) is 0 Å². The summed E-state index contributed by atoms with van der Waals surface area (Å²) in [5.74, 6) is 0.998. The topological polar surface area (TPSA) is 66.0 Å². The second kappa shape index (κ2) is 8.63. The molecular formula is C19H37IN4O2. The fourth-order valence-electron chi connectivity index (χ4n) is 4.33. The lowest BCUT2D eigenvalue weighted by Crippen LogP contribution is -2.69. The van der Waals surface area contributed by atoms with Gasteiger partial charge in [-0.3, -0.25) is 9.79 Å². The summed E-state index contributed by atoms with van der Waals surface area (Å²) in [6, 6.07) is 0.299. The van der Waals surface area contributed by atoms with Gasteiger partial charge in [0.05, 0.1) is 11.0 Å². The van der Waals surface area contributed by atoms with Gasteiger partial charge in [0.25, 0.3) is 0 Å². The highest BCUT2D eigenvalue weighted by Crippen LogP contribution is 2.51. The molecule has 2 unspecified atom stereocenters. The molecule has 2 N–H and O–H groups in total. The van der Waals surface area contributed by atoms with Gasteiger partial charge in [0.2, 0.25) is 5.91 Å². The summed E-state index contributed by atoms with van der Waals surface area (Å²) in [4.78, 5) is 18.8. The molecule has 0 radical (unpaired) electrons. The lowest BCUT2D eigenvalue weighted by Gasteiger charge is -2.59.